The van der Waals surface area contributed by atoms with Gasteiger partial charge >= 0.3 is 5.97 Å². The minimum atomic E-state index is -0.787. The minimum Gasteiger partial charge on any atom is -0.496 e. The molecule has 1 aromatic carbocycles. The van der Waals surface area contributed by atoms with E-state index in [0.717, 1.165) is 0 Å². The van der Waals surface area contributed by atoms with Crippen LogP contribution < -0.4 is 15.2 Å². The van der Waals surface area contributed by atoms with Crippen molar-refractivity contribution in [3.05, 3.63) is 45.0 Å². The van der Waals surface area contributed by atoms with Crippen LogP contribution in [0, 0.1) is 11.3 Å². The van der Waals surface area contributed by atoms with Crippen molar-refractivity contribution in [3.8, 4) is 17.6 Å². The maximum atomic E-state index is 12.6. The van der Waals surface area contributed by atoms with Crippen molar-refractivity contribution in [3.63, 3.8) is 0 Å². The molecule has 1 unspecified atom stereocenters. The predicted octanol–water partition coefficient (Wildman–Crippen LogP) is 3.11. The number of ether oxygens (including phenoxy) is 4. The van der Waals surface area contributed by atoms with Crippen LogP contribution in [0.4, 0.5) is 0 Å². The van der Waals surface area contributed by atoms with Crippen molar-refractivity contribution in [1.29, 1.82) is 5.26 Å². The molecule has 1 aliphatic heterocycles. The largest absolute Gasteiger partial charge is 0.496 e. The van der Waals surface area contributed by atoms with Crippen LogP contribution in [0.15, 0.2) is 39.4 Å². The summed E-state index contributed by atoms with van der Waals surface area (Å²) in [6, 6.07) is 5.43. The second-order valence-corrected chi connectivity index (χ2v) is 6.20. The van der Waals surface area contributed by atoms with Crippen LogP contribution in [0.2, 0.25) is 0 Å². The number of halogens is 1. The predicted molar refractivity (Wildman–Crippen MR) is 97.2 cm³/mol. The zero-order chi connectivity index (χ0) is 19.4. The second-order valence-electron chi connectivity index (χ2n) is 5.34. The molecule has 1 atom stereocenters. The molecule has 0 saturated heterocycles. The van der Waals surface area contributed by atoms with Crippen LogP contribution in [0.25, 0.3) is 0 Å². The Balaban J connectivity index is 2.75. The third kappa shape index (κ3) is 3.48. The molecule has 0 bridgehead atoms. The Kier molecular flexibility index (Phi) is 6.16. The van der Waals surface area contributed by atoms with Crippen molar-refractivity contribution >= 4 is 21.9 Å². The van der Waals surface area contributed by atoms with E-state index in [4.69, 9.17) is 24.7 Å². The summed E-state index contributed by atoms with van der Waals surface area (Å²) in [5.41, 5.74) is 6.77. The highest BCUT2D eigenvalue weighted by Gasteiger charge is 2.38. The first kappa shape index (κ1) is 19.7. The summed E-state index contributed by atoms with van der Waals surface area (Å²) in [7, 11) is 3.02. The molecular formula is C18H19BrN2O5. The van der Waals surface area contributed by atoms with E-state index in [1.54, 1.807) is 26.0 Å². The van der Waals surface area contributed by atoms with Gasteiger partial charge in [0.05, 0.1) is 36.8 Å². The van der Waals surface area contributed by atoms with Crippen molar-refractivity contribution in [2.24, 2.45) is 5.73 Å². The number of hydrogen-bond donors (Lipinski definition) is 1. The zero-order valence-electron chi connectivity index (χ0n) is 14.9. The maximum absolute atomic E-state index is 12.6. The molecule has 0 saturated carbocycles. The van der Waals surface area contributed by atoms with Crippen LogP contribution in [0.5, 0.6) is 11.5 Å². The first-order chi connectivity index (χ1) is 12.4. The molecule has 0 spiro atoms. The fourth-order valence-electron chi connectivity index (χ4n) is 2.77. The van der Waals surface area contributed by atoms with Crippen LogP contribution >= 0.6 is 15.9 Å². The van der Waals surface area contributed by atoms with E-state index in [1.807, 2.05) is 6.07 Å². The normalized spacial score (nSPS) is 16.7. The fourth-order valence-corrected chi connectivity index (χ4v) is 3.30. The van der Waals surface area contributed by atoms with Gasteiger partial charge in [-0.1, -0.05) is 0 Å². The molecule has 7 nitrogen and oxygen atoms in total. The van der Waals surface area contributed by atoms with Gasteiger partial charge in [-0.25, -0.2) is 4.79 Å². The first-order valence-electron chi connectivity index (χ1n) is 7.76. The monoisotopic (exact) mass is 422 g/mol. The van der Waals surface area contributed by atoms with E-state index < -0.39 is 11.9 Å². The Morgan fingerprint density at radius 2 is 2.00 bits per heavy atom. The van der Waals surface area contributed by atoms with Crippen molar-refractivity contribution in [2.45, 2.75) is 19.8 Å². The van der Waals surface area contributed by atoms with Gasteiger partial charge in [0.1, 0.15) is 28.9 Å². The number of methoxy groups -OCH3 is 2. The van der Waals surface area contributed by atoms with E-state index in [9.17, 15) is 10.1 Å². The molecular weight excluding hydrogens is 404 g/mol. The summed E-state index contributed by atoms with van der Waals surface area (Å²) < 4.78 is 21.9. The van der Waals surface area contributed by atoms with Crippen LogP contribution in [0.1, 0.15) is 25.3 Å². The molecule has 0 amide bonds. The molecule has 8 heteroatoms. The fraction of sp³-hybridized carbons (Fsp3) is 0.333. The van der Waals surface area contributed by atoms with Gasteiger partial charge in [0.2, 0.25) is 5.88 Å². The summed E-state index contributed by atoms with van der Waals surface area (Å²) in [6.07, 6.45) is 0. The lowest BCUT2D eigenvalue weighted by Gasteiger charge is -2.28. The Morgan fingerprint density at radius 3 is 2.54 bits per heavy atom. The molecule has 26 heavy (non-hydrogen) atoms. The van der Waals surface area contributed by atoms with Gasteiger partial charge in [0.15, 0.2) is 0 Å². The molecule has 1 aliphatic rings. The van der Waals surface area contributed by atoms with E-state index in [-0.39, 0.29) is 29.4 Å². The second kappa shape index (κ2) is 8.15. The number of allylic oxidation sites excluding steroid dienone is 2. The van der Waals surface area contributed by atoms with Gasteiger partial charge < -0.3 is 24.7 Å². The Bertz CT molecular complexity index is 839. The molecule has 138 valence electrons. The number of rotatable bonds is 5. The number of hydrogen-bond acceptors (Lipinski definition) is 7. The lowest BCUT2D eigenvalue weighted by molar-refractivity contribution is -0.139. The Hall–Kier alpha value is -2.66. The number of carbonyl (C=O) groups is 1. The number of esters is 1. The van der Waals surface area contributed by atoms with Crippen molar-refractivity contribution in [2.75, 3.05) is 20.8 Å². The van der Waals surface area contributed by atoms with Gasteiger partial charge in [0, 0.05) is 11.6 Å². The molecule has 2 rings (SSSR count). The van der Waals surface area contributed by atoms with Crippen LogP contribution in [-0.4, -0.2) is 26.8 Å². The van der Waals surface area contributed by atoms with Crippen molar-refractivity contribution < 1.29 is 23.7 Å². The summed E-state index contributed by atoms with van der Waals surface area (Å²) in [5, 5.41) is 9.62. The molecule has 0 aliphatic carbocycles. The van der Waals surface area contributed by atoms with Gasteiger partial charge in [0.25, 0.3) is 0 Å². The maximum Gasteiger partial charge on any atom is 0.338 e. The molecule has 1 aromatic rings. The van der Waals surface area contributed by atoms with Crippen LogP contribution in [0.3, 0.4) is 0 Å². The number of carbonyl (C=O) groups excluding carboxylic acids is 1. The summed E-state index contributed by atoms with van der Waals surface area (Å²) in [6.45, 7) is 3.49. The Labute approximate surface area is 160 Å². The molecule has 0 radical (unpaired) electrons. The van der Waals surface area contributed by atoms with Gasteiger partial charge in [-0.2, -0.15) is 5.26 Å². The van der Waals surface area contributed by atoms with E-state index >= 15 is 0 Å². The summed E-state index contributed by atoms with van der Waals surface area (Å²) in [5.74, 6) is -0.163. The SMILES string of the molecule is CCOC(=O)C1=C(C)OC(N)=C(C#N)C1c1cc(Br)c(OC)cc1OC. The topological polar surface area (TPSA) is 104 Å². The third-order valence-corrected chi connectivity index (χ3v) is 4.54. The molecule has 0 aromatic heterocycles. The zero-order valence-corrected chi connectivity index (χ0v) is 16.5. The summed E-state index contributed by atoms with van der Waals surface area (Å²) >= 11 is 3.42. The van der Waals surface area contributed by atoms with E-state index in [0.29, 0.717) is 21.5 Å². The van der Waals surface area contributed by atoms with Crippen molar-refractivity contribution in [1.82, 2.24) is 0 Å². The smallest absolute Gasteiger partial charge is 0.338 e. The molecule has 2 N–H and O–H groups in total. The lowest BCUT2D eigenvalue weighted by atomic mass is 9.82. The first-order valence-corrected chi connectivity index (χ1v) is 8.55. The van der Waals surface area contributed by atoms with Crippen LogP contribution in [-0.2, 0) is 14.3 Å². The third-order valence-electron chi connectivity index (χ3n) is 3.92. The summed E-state index contributed by atoms with van der Waals surface area (Å²) in [4.78, 5) is 12.6. The average molecular weight is 423 g/mol. The van der Waals surface area contributed by atoms with E-state index in [2.05, 4.69) is 15.9 Å². The highest BCUT2D eigenvalue weighted by Crippen LogP contribution is 2.45. The van der Waals surface area contributed by atoms with E-state index in [1.165, 1.54) is 14.2 Å². The molecule has 0 fully saturated rings. The number of nitrogens with zero attached hydrogens (tertiary/aromatic N) is 1. The van der Waals surface area contributed by atoms with Gasteiger partial charge in [-0.05, 0) is 35.8 Å². The molecule has 1 heterocycles. The lowest BCUT2D eigenvalue weighted by Crippen LogP contribution is -2.26. The highest BCUT2D eigenvalue weighted by atomic mass is 79.9. The van der Waals surface area contributed by atoms with Gasteiger partial charge in [-0.3, -0.25) is 0 Å². The number of nitrogens with two attached hydrogens (primary N) is 1. The Morgan fingerprint density at radius 1 is 1.35 bits per heavy atom. The van der Waals surface area contributed by atoms with Gasteiger partial charge in [-0.15, -0.1) is 0 Å². The number of nitriles is 1. The highest BCUT2D eigenvalue weighted by molar-refractivity contribution is 9.10. The minimum absolute atomic E-state index is 0.0583. The average Bonchev–Trinajstić information content (AvgIpc) is 2.61. The number of benzene rings is 1. The quantitative estimate of drug-likeness (QED) is 0.726. The standard InChI is InChI=1S/C18H19BrN2O5/c1-5-25-18(22)15-9(2)26-17(21)11(8-20)16(15)10-6-12(19)14(24-4)7-13(10)23-3/h6-7,16H,5,21H2,1-4H3.